The lowest BCUT2D eigenvalue weighted by Gasteiger charge is -2.18. The molecule has 2 saturated carbocycles. The predicted octanol–water partition coefficient (Wildman–Crippen LogP) is 8.05. The monoisotopic (exact) mass is 363 g/mol. The van der Waals surface area contributed by atoms with Crippen LogP contribution in [0.25, 0.3) is 0 Å². The lowest BCUT2D eigenvalue weighted by Crippen LogP contribution is -2.13. The molecule has 0 aromatic heterocycles. The van der Waals surface area contributed by atoms with Crippen molar-refractivity contribution in [2.45, 2.75) is 128 Å². The van der Waals surface area contributed by atoms with E-state index < -0.39 is 0 Å². The van der Waals surface area contributed by atoms with Crippen LogP contribution in [0.5, 0.6) is 0 Å². The van der Waals surface area contributed by atoms with E-state index in [0.717, 1.165) is 11.8 Å². The van der Waals surface area contributed by atoms with E-state index >= 15 is 0 Å². The van der Waals surface area contributed by atoms with E-state index in [4.69, 9.17) is 4.84 Å². The molecule has 0 amide bonds. The van der Waals surface area contributed by atoms with E-state index in [1.165, 1.54) is 134 Å². The first-order chi connectivity index (χ1) is 12.9. The third-order valence-corrected chi connectivity index (χ3v) is 6.72. The zero-order valence-electron chi connectivity index (χ0n) is 17.7. The summed E-state index contributed by atoms with van der Waals surface area (Å²) in [5.41, 5.74) is 1.36. The van der Waals surface area contributed by atoms with Gasteiger partial charge in [-0.05, 0) is 24.7 Å². The van der Waals surface area contributed by atoms with Crippen molar-refractivity contribution in [3.8, 4) is 0 Å². The molecule has 152 valence electrons. The fraction of sp³-hybridized carbons (Fsp3) is 0.958. The minimum absolute atomic E-state index is 0.852. The molecule has 0 aromatic carbocycles. The maximum absolute atomic E-state index is 5.23. The SMILES string of the molecule is CON=C1CC2CCCCCCCCCCCCCCC(CCCC2)C1. The van der Waals surface area contributed by atoms with Crippen LogP contribution in [0.4, 0.5) is 0 Å². The van der Waals surface area contributed by atoms with Crippen LogP contribution < -0.4 is 0 Å². The molecule has 2 atom stereocenters. The molecule has 0 N–H and O–H groups in total. The Hall–Kier alpha value is -0.530. The maximum Gasteiger partial charge on any atom is 0.106 e. The zero-order valence-corrected chi connectivity index (χ0v) is 17.7. The van der Waals surface area contributed by atoms with Gasteiger partial charge in [-0.3, -0.25) is 0 Å². The van der Waals surface area contributed by atoms with Gasteiger partial charge in [0, 0.05) is 0 Å². The van der Waals surface area contributed by atoms with Gasteiger partial charge in [0.05, 0.1) is 5.71 Å². The van der Waals surface area contributed by atoms with Gasteiger partial charge in [-0.2, -0.15) is 0 Å². The number of hydrogen-bond acceptors (Lipinski definition) is 2. The van der Waals surface area contributed by atoms with Crippen molar-refractivity contribution in [3.05, 3.63) is 0 Å². The molecular weight excluding hydrogens is 318 g/mol. The van der Waals surface area contributed by atoms with Crippen LogP contribution in [-0.4, -0.2) is 12.8 Å². The molecule has 2 fully saturated rings. The van der Waals surface area contributed by atoms with Gasteiger partial charge < -0.3 is 4.84 Å². The topological polar surface area (TPSA) is 21.6 Å². The molecule has 2 aliphatic rings. The van der Waals surface area contributed by atoms with E-state index in [-0.39, 0.29) is 0 Å². The Morgan fingerprint density at radius 1 is 0.538 bits per heavy atom. The smallest absolute Gasteiger partial charge is 0.106 e. The summed E-state index contributed by atoms with van der Waals surface area (Å²) in [6.07, 6.45) is 28.3. The Morgan fingerprint density at radius 2 is 0.846 bits per heavy atom. The van der Waals surface area contributed by atoms with Crippen LogP contribution in [0.2, 0.25) is 0 Å². The summed E-state index contributed by atoms with van der Waals surface area (Å²) in [4.78, 5) is 5.23. The average Bonchev–Trinajstić information content (AvgIpc) is 2.72. The van der Waals surface area contributed by atoms with Gasteiger partial charge in [0.1, 0.15) is 7.11 Å². The number of rotatable bonds is 1. The molecule has 0 aromatic rings. The molecule has 2 nitrogen and oxygen atoms in total. The van der Waals surface area contributed by atoms with Crippen molar-refractivity contribution in [1.29, 1.82) is 0 Å². The van der Waals surface area contributed by atoms with Crippen LogP contribution >= 0.6 is 0 Å². The Morgan fingerprint density at radius 3 is 1.19 bits per heavy atom. The van der Waals surface area contributed by atoms with Crippen LogP contribution in [0, 0.1) is 11.8 Å². The van der Waals surface area contributed by atoms with Gasteiger partial charge in [0.2, 0.25) is 0 Å². The van der Waals surface area contributed by atoms with Gasteiger partial charge in [-0.25, -0.2) is 0 Å². The Labute approximate surface area is 163 Å². The fourth-order valence-electron chi connectivity index (χ4n) is 5.15. The van der Waals surface area contributed by atoms with Crippen LogP contribution in [0.1, 0.15) is 128 Å². The average molecular weight is 364 g/mol. The van der Waals surface area contributed by atoms with Crippen molar-refractivity contribution in [1.82, 2.24) is 0 Å². The first-order valence-corrected chi connectivity index (χ1v) is 12.0. The Kier molecular flexibility index (Phi) is 12.2. The Balaban J connectivity index is 1.91. The normalized spacial score (nSPS) is 28.9. The second-order valence-corrected chi connectivity index (χ2v) is 9.08. The highest BCUT2D eigenvalue weighted by atomic mass is 16.6. The van der Waals surface area contributed by atoms with Gasteiger partial charge in [-0.15, -0.1) is 0 Å². The summed E-state index contributed by atoms with van der Waals surface area (Å²) in [7, 11) is 1.73. The van der Waals surface area contributed by atoms with Gasteiger partial charge in [0.25, 0.3) is 0 Å². The summed E-state index contributed by atoms with van der Waals surface area (Å²) >= 11 is 0. The second kappa shape index (κ2) is 14.5. The standard InChI is InChI=1S/C24H45NO/c1-26-25-24-20-22-16-12-10-8-6-4-2-3-5-7-9-11-13-17-23(21-24)19-15-14-18-22/h22-23H,2-21H2,1H3. The summed E-state index contributed by atoms with van der Waals surface area (Å²) < 4.78 is 0. The highest BCUT2D eigenvalue weighted by Gasteiger charge is 2.20. The molecule has 2 bridgehead atoms. The number of fused-ring (bicyclic) bond motifs is 4. The maximum atomic E-state index is 5.23. The van der Waals surface area contributed by atoms with Crippen molar-refractivity contribution in [2.75, 3.05) is 7.11 Å². The summed E-state index contributed by atoms with van der Waals surface area (Å²) in [6, 6.07) is 0. The van der Waals surface area contributed by atoms with E-state index in [1.807, 2.05) is 0 Å². The molecule has 2 heteroatoms. The quantitative estimate of drug-likeness (QED) is 0.432. The zero-order chi connectivity index (χ0) is 18.3. The van der Waals surface area contributed by atoms with Crippen molar-refractivity contribution < 1.29 is 4.84 Å². The molecule has 2 unspecified atom stereocenters. The van der Waals surface area contributed by atoms with E-state index in [2.05, 4.69) is 5.16 Å². The highest BCUT2D eigenvalue weighted by Crippen LogP contribution is 2.30. The van der Waals surface area contributed by atoms with Gasteiger partial charge >= 0.3 is 0 Å². The lowest BCUT2D eigenvalue weighted by molar-refractivity contribution is 0.209. The van der Waals surface area contributed by atoms with E-state index in [1.54, 1.807) is 7.11 Å². The molecule has 26 heavy (non-hydrogen) atoms. The van der Waals surface area contributed by atoms with Crippen molar-refractivity contribution in [2.24, 2.45) is 17.0 Å². The highest BCUT2D eigenvalue weighted by molar-refractivity contribution is 5.84. The molecule has 2 aliphatic carbocycles. The van der Waals surface area contributed by atoms with Crippen LogP contribution in [0.15, 0.2) is 5.16 Å². The summed E-state index contributed by atoms with van der Waals surface area (Å²) in [6.45, 7) is 0. The first kappa shape index (κ1) is 21.8. The third kappa shape index (κ3) is 9.97. The number of oxime groups is 1. The van der Waals surface area contributed by atoms with E-state index in [9.17, 15) is 0 Å². The molecular formula is C24H45NO. The molecule has 0 saturated heterocycles. The number of nitrogens with zero attached hydrogens (tertiary/aromatic N) is 1. The third-order valence-electron chi connectivity index (χ3n) is 6.72. The van der Waals surface area contributed by atoms with Gasteiger partial charge in [-0.1, -0.05) is 121 Å². The Bertz CT molecular complexity index is 335. The molecule has 0 radical (unpaired) electrons. The van der Waals surface area contributed by atoms with Crippen molar-refractivity contribution >= 4 is 5.71 Å². The van der Waals surface area contributed by atoms with Crippen molar-refractivity contribution in [3.63, 3.8) is 0 Å². The largest absolute Gasteiger partial charge is 0.399 e. The first-order valence-electron chi connectivity index (χ1n) is 12.0. The van der Waals surface area contributed by atoms with Crippen LogP contribution in [0.3, 0.4) is 0 Å². The molecule has 0 aliphatic heterocycles. The molecule has 0 heterocycles. The summed E-state index contributed by atoms with van der Waals surface area (Å²) in [5.74, 6) is 1.70. The minimum atomic E-state index is 0.852. The lowest BCUT2D eigenvalue weighted by atomic mass is 9.88. The molecule has 2 rings (SSSR count). The second-order valence-electron chi connectivity index (χ2n) is 9.08. The molecule has 0 spiro atoms. The fourth-order valence-corrected chi connectivity index (χ4v) is 5.15. The predicted molar refractivity (Wildman–Crippen MR) is 114 cm³/mol. The van der Waals surface area contributed by atoms with Gasteiger partial charge in [0.15, 0.2) is 0 Å². The minimum Gasteiger partial charge on any atom is -0.399 e. The van der Waals surface area contributed by atoms with Crippen LogP contribution in [-0.2, 0) is 4.84 Å². The number of hydrogen-bond donors (Lipinski definition) is 0. The summed E-state index contributed by atoms with van der Waals surface area (Å²) in [5, 5.41) is 4.47. The van der Waals surface area contributed by atoms with E-state index in [0.29, 0.717) is 0 Å².